The van der Waals surface area contributed by atoms with Crippen LogP contribution >= 0.6 is 0 Å². The molecule has 4 heteroatoms. The maximum atomic E-state index is 11.9. The molecule has 0 aromatic carbocycles. The Kier molecular flexibility index (Phi) is 4.54. The molecule has 1 N–H and O–H groups in total. The Morgan fingerprint density at radius 2 is 2.20 bits per heavy atom. The van der Waals surface area contributed by atoms with Crippen molar-refractivity contribution in [2.45, 2.75) is 38.8 Å². The van der Waals surface area contributed by atoms with E-state index in [-0.39, 0.29) is 18.6 Å². The van der Waals surface area contributed by atoms with E-state index in [1.54, 1.807) is 0 Å². The summed E-state index contributed by atoms with van der Waals surface area (Å²) in [5.41, 5.74) is 0. The molecule has 1 aliphatic heterocycles. The lowest BCUT2D eigenvalue weighted by Crippen LogP contribution is -2.60. The smallest absolute Gasteiger partial charge is 0.242 e. The quantitative estimate of drug-likeness (QED) is 0.732. The van der Waals surface area contributed by atoms with Crippen molar-refractivity contribution in [2.24, 2.45) is 0 Å². The van der Waals surface area contributed by atoms with Crippen molar-refractivity contribution in [1.29, 1.82) is 0 Å². The van der Waals surface area contributed by atoms with E-state index in [2.05, 4.69) is 13.8 Å². The zero-order valence-corrected chi connectivity index (χ0v) is 9.94. The van der Waals surface area contributed by atoms with Crippen LogP contribution in [0.5, 0.6) is 0 Å². The molecule has 2 unspecified atom stereocenters. The molecule has 15 heavy (non-hydrogen) atoms. The Morgan fingerprint density at radius 1 is 1.53 bits per heavy atom. The number of hydrogen-bond acceptors (Lipinski definition) is 3. The van der Waals surface area contributed by atoms with Gasteiger partial charge in [-0.1, -0.05) is 13.3 Å². The molecule has 88 valence electrons. The largest absolute Gasteiger partial charge is 0.394 e. The Bertz CT molecular complexity index is 221. The first-order valence-electron chi connectivity index (χ1n) is 5.73. The lowest BCUT2D eigenvalue weighted by atomic mass is 10.1. The van der Waals surface area contributed by atoms with Crippen molar-refractivity contribution in [3.8, 4) is 0 Å². The maximum Gasteiger partial charge on any atom is 0.242 e. The molecule has 1 aliphatic rings. The summed E-state index contributed by atoms with van der Waals surface area (Å²) in [6, 6.07) is -0.0117. The Morgan fingerprint density at radius 3 is 2.73 bits per heavy atom. The molecule has 2 atom stereocenters. The fraction of sp³-hybridized carbons (Fsp3) is 0.909. The first-order valence-corrected chi connectivity index (χ1v) is 5.73. The van der Waals surface area contributed by atoms with Gasteiger partial charge in [-0.3, -0.25) is 9.69 Å². The minimum absolute atomic E-state index is 0.0755. The highest BCUT2D eigenvalue weighted by atomic mass is 16.3. The molecular formula is C11H22N2O2. The molecule has 1 saturated heterocycles. The van der Waals surface area contributed by atoms with E-state index in [0.717, 1.165) is 25.9 Å². The molecule has 1 amide bonds. The highest BCUT2D eigenvalue weighted by Gasteiger charge is 2.35. The third-order valence-corrected chi connectivity index (χ3v) is 3.22. The summed E-state index contributed by atoms with van der Waals surface area (Å²) < 4.78 is 0. The molecule has 0 aromatic rings. The highest BCUT2D eigenvalue weighted by molar-refractivity contribution is 5.82. The fourth-order valence-corrected chi connectivity index (χ4v) is 1.99. The summed E-state index contributed by atoms with van der Waals surface area (Å²) in [6.45, 7) is 5.74. The van der Waals surface area contributed by atoms with Crippen LogP contribution in [0.4, 0.5) is 0 Å². The summed E-state index contributed by atoms with van der Waals surface area (Å²) in [6.07, 6.45) is 2.14. The van der Waals surface area contributed by atoms with Crippen molar-refractivity contribution >= 4 is 5.91 Å². The molecule has 0 radical (unpaired) electrons. The van der Waals surface area contributed by atoms with Gasteiger partial charge in [-0.2, -0.15) is 0 Å². The fourth-order valence-electron chi connectivity index (χ4n) is 1.99. The van der Waals surface area contributed by atoms with Crippen LogP contribution in [0.3, 0.4) is 0 Å². The van der Waals surface area contributed by atoms with Crippen molar-refractivity contribution < 1.29 is 9.90 Å². The molecular weight excluding hydrogens is 192 g/mol. The van der Waals surface area contributed by atoms with Gasteiger partial charge in [0.1, 0.15) is 6.04 Å². The van der Waals surface area contributed by atoms with Gasteiger partial charge in [-0.25, -0.2) is 0 Å². The van der Waals surface area contributed by atoms with Crippen molar-refractivity contribution in [2.75, 3.05) is 26.7 Å². The number of likely N-dealkylation sites (N-methyl/N-ethyl adjacent to an activating group) is 1. The zero-order chi connectivity index (χ0) is 11.4. The minimum Gasteiger partial charge on any atom is -0.394 e. The lowest BCUT2D eigenvalue weighted by Gasteiger charge is -2.42. The summed E-state index contributed by atoms with van der Waals surface area (Å²) in [4.78, 5) is 15.8. The van der Waals surface area contributed by atoms with E-state index in [4.69, 9.17) is 0 Å². The number of carbonyl (C=O) groups excluding carboxylic acids is 1. The van der Waals surface area contributed by atoms with E-state index in [1.165, 1.54) is 0 Å². The highest BCUT2D eigenvalue weighted by Crippen LogP contribution is 2.15. The molecule has 0 aliphatic carbocycles. The number of rotatable bonds is 4. The molecule has 4 nitrogen and oxygen atoms in total. The molecule has 1 rings (SSSR count). The second-order valence-corrected chi connectivity index (χ2v) is 4.35. The van der Waals surface area contributed by atoms with Crippen molar-refractivity contribution in [1.82, 2.24) is 9.80 Å². The van der Waals surface area contributed by atoms with E-state index in [0.29, 0.717) is 6.04 Å². The van der Waals surface area contributed by atoms with Gasteiger partial charge in [0, 0.05) is 19.1 Å². The van der Waals surface area contributed by atoms with Gasteiger partial charge in [0.25, 0.3) is 0 Å². The predicted molar refractivity (Wildman–Crippen MR) is 59.6 cm³/mol. The Balaban J connectivity index is 2.63. The number of hydrogen-bond donors (Lipinski definition) is 1. The molecule has 0 aromatic heterocycles. The molecule has 0 spiro atoms. The van der Waals surface area contributed by atoms with Gasteiger partial charge in [0.2, 0.25) is 5.91 Å². The number of aliphatic hydroxyl groups is 1. The monoisotopic (exact) mass is 214 g/mol. The van der Waals surface area contributed by atoms with E-state index in [9.17, 15) is 9.90 Å². The molecule has 1 heterocycles. The second kappa shape index (κ2) is 5.47. The molecule has 0 saturated carbocycles. The lowest BCUT2D eigenvalue weighted by molar-refractivity contribution is -0.145. The van der Waals surface area contributed by atoms with Gasteiger partial charge in [-0.05, 0) is 20.4 Å². The standard InChI is InChI=1S/C11H22N2O2/c1-4-5-6-13-7-9(2)12(3)10(8-14)11(13)15/h9-10,14H,4-8H2,1-3H3. The van der Waals surface area contributed by atoms with Crippen LogP contribution in [-0.4, -0.2) is 59.6 Å². The topological polar surface area (TPSA) is 43.8 Å². The van der Waals surface area contributed by atoms with Crippen molar-refractivity contribution in [3.63, 3.8) is 0 Å². The molecule has 1 fully saturated rings. The van der Waals surface area contributed by atoms with E-state index < -0.39 is 0 Å². The van der Waals surface area contributed by atoms with Gasteiger partial charge < -0.3 is 10.0 Å². The minimum atomic E-state index is -0.342. The van der Waals surface area contributed by atoms with E-state index in [1.807, 2.05) is 16.8 Å². The molecule has 0 bridgehead atoms. The van der Waals surface area contributed by atoms with Crippen LogP contribution in [0.25, 0.3) is 0 Å². The van der Waals surface area contributed by atoms with Gasteiger partial charge in [-0.15, -0.1) is 0 Å². The third-order valence-electron chi connectivity index (χ3n) is 3.22. The van der Waals surface area contributed by atoms with Crippen LogP contribution < -0.4 is 0 Å². The van der Waals surface area contributed by atoms with Crippen LogP contribution in [-0.2, 0) is 4.79 Å². The normalized spacial score (nSPS) is 28.5. The predicted octanol–water partition coefficient (Wildman–Crippen LogP) is 0.310. The summed E-state index contributed by atoms with van der Waals surface area (Å²) in [5.74, 6) is 0.0755. The van der Waals surface area contributed by atoms with Crippen molar-refractivity contribution in [3.05, 3.63) is 0 Å². The van der Waals surface area contributed by atoms with Gasteiger partial charge >= 0.3 is 0 Å². The number of carbonyl (C=O) groups is 1. The average Bonchev–Trinajstić information content (AvgIpc) is 2.22. The number of piperazine rings is 1. The van der Waals surface area contributed by atoms with Crippen LogP contribution in [0, 0.1) is 0 Å². The van der Waals surface area contributed by atoms with Crippen LogP contribution in [0.15, 0.2) is 0 Å². The van der Waals surface area contributed by atoms with Gasteiger partial charge in [0.05, 0.1) is 6.61 Å². The average molecular weight is 214 g/mol. The maximum absolute atomic E-state index is 11.9. The van der Waals surface area contributed by atoms with E-state index >= 15 is 0 Å². The van der Waals surface area contributed by atoms with Crippen LogP contribution in [0.2, 0.25) is 0 Å². The number of aliphatic hydroxyl groups excluding tert-OH is 1. The summed E-state index contributed by atoms with van der Waals surface area (Å²) in [5, 5.41) is 9.20. The first-order chi connectivity index (χ1) is 7.11. The zero-order valence-electron chi connectivity index (χ0n) is 9.94. The van der Waals surface area contributed by atoms with Crippen LogP contribution in [0.1, 0.15) is 26.7 Å². The van der Waals surface area contributed by atoms with Gasteiger partial charge in [0.15, 0.2) is 0 Å². The first kappa shape index (κ1) is 12.5. The number of amides is 1. The Hall–Kier alpha value is -0.610. The summed E-state index contributed by atoms with van der Waals surface area (Å²) >= 11 is 0. The second-order valence-electron chi connectivity index (χ2n) is 4.35. The number of unbranched alkanes of at least 4 members (excludes halogenated alkanes) is 1. The Labute approximate surface area is 91.9 Å². The third kappa shape index (κ3) is 2.69. The summed E-state index contributed by atoms with van der Waals surface area (Å²) in [7, 11) is 1.90. The number of nitrogens with zero attached hydrogens (tertiary/aromatic N) is 2. The SMILES string of the molecule is CCCCN1CC(C)N(C)C(CO)C1=O.